The van der Waals surface area contributed by atoms with Crippen LogP contribution in [0.4, 0.5) is 0 Å². The van der Waals surface area contributed by atoms with Gasteiger partial charge in [-0.05, 0) is 37.6 Å². The van der Waals surface area contributed by atoms with E-state index in [0.29, 0.717) is 13.0 Å². The Morgan fingerprint density at radius 2 is 2.37 bits per heavy atom. The van der Waals surface area contributed by atoms with Gasteiger partial charge in [-0.1, -0.05) is 19.1 Å². The molecule has 0 amide bonds. The molecule has 4 heteroatoms. The summed E-state index contributed by atoms with van der Waals surface area (Å²) in [5.74, 6) is 0.467. The largest absolute Gasteiger partial charge is 0.479 e. The third-order valence-corrected chi connectivity index (χ3v) is 3.22. The van der Waals surface area contributed by atoms with Gasteiger partial charge >= 0.3 is 5.97 Å². The van der Waals surface area contributed by atoms with E-state index in [-0.39, 0.29) is 12.0 Å². The van der Waals surface area contributed by atoms with Crippen LogP contribution in [-0.2, 0) is 9.53 Å². The lowest BCUT2D eigenvalue weighted by molar-refractivity contribution is -0.143. The molecular formula is C15H21NO3. The van der Waals surface area contributed by atoms with Crippen LogP contribution in [0.2, 0.25) is 0 Å². The maximum atomic E-state index is 11.4. The van der Waals surface area contributed by atoms with Gasteiger partial charge in [-0.15, -0.1) is 0 Å². The van der Waals surface area contributed by atoms with Gasteiger partial charge in [0.25, 0.3) is 0 Å². The Hall–Kier alpha value is -1.55. The molecule has 1 N–H and O–H groups in total. The average molecular weight is 263 g/mol. The number of esters is 1. The SMILES string of the molecule is CCCNC(C)c1cccc(OC2CCOC2=O)c1. The highest BCUT2D eigenvalue weighted by Crippen LogP contribution is 2.22. The quantitative estimate of drug-likeness (QED) is 0.801. The van der Waals surface area contributed by atoms with Crippen molar-refractivity contribution in [2.24, 2.45) is 0 Å². The van der Waals surface area contributed by atoms with E-state index in [1.54, 1.807) is 0 Å². The summed E-state index contributed by atoms with van der Waals surface area (Å²) in [7, 11) is 0. The van der Waals surface area contributed by atoms with Gasteiger partial charge in [-0.2, -0.15) is 0 Å². The van der Waals surface area contributed by atoms with Crippen LogP contribution in [0.1, 0.15) is 38.3 Å². The van der Waals surface area contributed by atoms with Crippen LogP contribution in [0.3, 0.4) is 0 Å². The molecule has 4 nitrogen and oxygen atoms in total. The van der Waals surface area contributed by atoms with Crippen molar-refractivity contribution >= 4 is 5.97 Å². The molecule has 2 unspecified atom stereocenters. The van der Waals surface area contributed by atoms with Gasteiger partial charge < -0.3 is 14.8 Å². The molecule has 1 aliphatic rings. The number of hydrogen-bond acceptors (Lipinski definition) is 4. The van der Waals surface area contributed by atoms with Crippen LogP contribution in [0.5, 0.6) is 5.75 Å². The first-order valence-corrected chi connectivity index (χ1v) is 6.87. The van der Waals surface area contributed by atoms with E-state index in [0.717, 1.165) is 24.3 Å². The Morgan fingerprint density at radius 3 is 3.05 bits per heavy atom. The molecular weight excluding hydrogens is 242 g/mol. The van der Waals surface area contributed by atoms with E-state index in [1.807, 2.05) is 18.2 Å². The number of carbonyl (C=O) groups is 1. The lowest BCUT2D eigenvalue weighted by atomic mass is 10.1. The zero-order chi connectivity index (χ0) is 13.7. The minimum Gasteiger partial charge on any atom is -0.479 e. The molecule has 1 fully saturated rings. The highest BCUT2D eigenvalue weighted by molar-refractivity contribution is 5.76. The summed E-state index contributed by atoms with van der Waals surface area (Å²) < 4.78 is 10.6. The van der Waals surface area contributed by atoms with E-state index in [1.165, 1.54) is 0 Å². The molecule has 1 aliphatic heterocycles. The number of cyclic esters (lactones) is 1. The average Bonchev–Trinajstić information content (AvgIpc) is 2.82. The number of carbonyl (C=O) groups excluding carboxylic acids is 1. The summed E-state index contributed by atoms with van der Waals surface area (Å²) in [6.45, 7) is 5.71. The van der Waals surface area contributed by atoms with Crippen LogP contribution in [0.15, 0.2) is 24.3 Å². The fraction of sp³-hybridized carbons (Fsp3) is 0.533. The molecule has 19 heavy (non-hydrogen) atoms. The first-order valence-electron chi connectivity index (χ1n) is 6.87. The standard InChI is InChI=1S/C15H21NO3/c1-3-8-16-11(2)12-5-4-6-13(10-12)19-14-7-9-18-15(14)17/h4-6,10-11,14,16H,3,7-9H2,1-2H3. The highest BCUT2D eigenvalue weighted by Gasteiger charge is 2.28. The summed E-state index contributed by atoms with van der Waals surface area (Å²) >= 11 is 0. The Bertz CT molecular complexity index is 433. The second-order valence-electron chi connectivity index (χ2n) is 4.81. The zero-order valence-electron chi connectivity index (χ0n) is 11.5. The minimum absolute atomic E-state index is 0.262. The molecule has 1 saturated heterocycles. The molecule has 0 radical (unpaired) electrons. The molecule has 0 aliphatic carbocycles. The van der Waals surface area contributed by atoms with Gasteiger partial charge in [0.15, 0.2) is 6.10 Å². The van der Waals surface area contributed by atoms with Crippen molar-refractivity contribution < 1.29 is 14.3 Å². The Morgan fingerprint density at radius 1 is 1.53 bits per heavy atom. The molecule has 2 atom stereocenters. The Balaban J connectivity index is 2.00. The van der Waals surface area contributed by atoms with Crippen LogP contribution >= 0.6 is 0 Å². The summed E-state index contributed by atoms with van der Waals surface area (Å²) in [5.41, 5.74) is 1.16. The second-order valence-corrected chi connectivity index (χ2v) is 4.81. The van der Waals surface area contributed by atoms with Crippen LogP contribution in [0.25, 0.3) is 0 Å². The van der Waals surface area contributed by atoms with Crippen molar-refractivity contribution in [1.29, 1.82) is 0 Å². The molecule has 0 bridgehead atoms. The van der Waals surface area contributed by atoms with Gasteiger partial charge in [0.2, 0.25) is 0 Å². The summed E-state index contributed by atoms with van der Waals surface area (Å²) in [4.78, 5) is 11.4. The lowest BCUT2D eigenvalue weighted by Gasteiger charge is -2.16. The number of rotatable bonds is 6. The number of ether oxygens (including phenoxy) is 2. The number of hydrogen-bond donors (Lipinski definition) is 1. The van der Waals surface area contributed by atoms with Gasteiger partial charge in [0.05, 0.1) is 6.61 Å². The maximum absolute atomic E-state index is 11.4. The van der Waals surface area contributed by atoms with Gasteiger partial charge in [0, 0.05) is 12.5 Å². The molecule has 104 valence electrons. The summed E-state index contributed by atoms with van der Waals surface area (Å²) in [6, 6.07) is 8.15. The number of nitrogens with one attached hydrogen (secondary N) is 1. The van der Waals surface area contributed by atoms with Crippen LogP contribution in [-0.4, -0.2) is 25.2 Å². The molecule has 0 aromatic heterocycles. The van der Waals surface area contributed by atoms with E-state index in [9.17, 15) is 4.79 Å². The second kappa shape index (κ2) is 6.57. The fourth-order valence-electron chi connectivity index (χ4n) is 2.08. The van der Waals surface area contributed by atoms with Crippen molar-refractivity contribution in [2.45, 2.75) is 38.8 Å². The van der Waals surface area contributed by atoms with Crippen molar-refractivity contribution in [2.75, 3.05) is 13.2 Å². The van der Waals surface area contributed by atoms with Crippen LogP contribution in [0, 0.1) is 0 Å². The Kier molecular flexibility index (Phi) is 4.80. The molecule has 1 aromatic carbocycles. The van der Waals surface area contributed by atoms with Crippen molar-refractivity contribution in [3.63, 3.8) is 0 Å². The first-order chi connectivity index (χ1) is 9.20. The van der Waals surface area contributed by atoms with E-state index in [4.69, 9.17) is 9.47 Å². The topological polar surface area (TPSA) is 47.6 Å². The van der Waals surface area contributed by atoms with Crippen molar-refractivity contribution in [3.8, 4) is 5.75 Å². The Labute approximate surface area is 114 Å². The third kappa shape index (κ3) is 3.70. The zero-order valence-corrected chi connectivity index (χ0v) is 11.5. The summed E-state index contributed by atoms with van der Waals surface area (Å²) in [6.07, 6.45) is 1.29. The predicted octanol–water partition coefficient (Wildman–Crippen LogP) is 2.44. The normalized spacial score (nSPS) is 20.1. The molecule has 1 aromatic rings. The van der Waals surface area contributed by atoms with E-state index < -0.39 is 6.10 Å². The predicted molar refractivity (Wildman–Crippen MR) is 73.1 cm³/mol. The number of benzene rings is 1. The first kappa shape index (κ1) is 13.9. The fourth-order valence-corrected chi connectivity index (χ4v) is 2.08. The third-order valence-electron chi connectivity index (χ3n) is 3.22. The van der Waals surface area contributed by atoms with Gasteiger partial charge in [-0.3, -0.25) is 0 Å². The monoisotopic (exact) mass is 263 g/mol. The molecule has 0 spiro atoms. The lowest BCUT2D eigenvalue weighted by Crippen LogP contribution is -2.22. The molecule has 1 heterocycles. The van der Waals surface area contributed by atoms with Gasteiger partial charge in [0.1, 0.15) is 5.75 Å². The molecule has 0 saturated carbocycles. The summed E-state index contributed by atoms with van der Waals surface area (Å²) in [5, 5.41) is 3.43. The van der Waals surface area contributed by atoms with Crippen molar-refractivity contribution in [3.05, 3.63) is 29.8 Å². The minimum atomic E-state index is -0.450. The smallest absolute Gasteiger partial charge is 0.347 e. The highest BCUT2D eigenvalue weighted by atomic mass is 16.6. The van der Waals surface area contributed by atoms with Crippen molar-refractivity contribution in [1.82, 2.24) is 5.32 Å². The van der Waals surface area contributed by atoms with E-state index in [2.05, 4.69) is 25.2 Å². The van der Waals surface area contributed by atoms with Gasteiger partial charge in [-0.25, -0.2) is 4.79 Å². The van der Waals surface area contributed by atoms with E-state index >= 15 is 0 Å². The maximum Gasteiger partial charge on any atom is 0.347 e. The molecule has 2 rings (SSSR count). The van der Waals surface area contributed by atoms with Crippen LogP contribution < -0.4 is 10.1 Å².